The van der Waals surface area contributed by atoms with Crippen molar-refractivity contribution in [2.45, 2.75) is 38.0 Å². The second-order valence-electron chi connectivity index (χ2n) is 5.01. The lowest BCUT2D eigenvalue weighted by molar-refractivity contribution is 0.388. The number of nitrogens with one attached hydrogen (secondary N) is 1. The smallest absolute Gasteiger partial charge is 0.0444 e. The van der Waals surface area contributed by atoms with Crippen LogP contribution in [0.15, 0.2) is 12.1 Å². The molecule has 1 spiro atoms. The zero-order valence-corrected chi connectivity index (χ0v) is 9.34. The topological polar surface area (TPSA) is 24.9 Å². The van der Waals surface area contributed by atoms with Gasteiger partial charge in [0.2, 0.25) is 0 Å². The van der Waals surface area contributed by atoms with Crippen molar-refractivity contribution in [2.75, 3.05) is 13.1 Å². The van der Waals surface area contributed by atoms with E-state index in [4.69, 9.17) is 4.98 Å². The molecule has 1 aliphatic heterocycles. The van der Waals surface area contributed by atoms with Gasteiger partial charge in [-0.3, -0.25) is 4.98 Å². The Balaban J connectivity index is 2.10. The number of nitrogens with zero attached hydrogens (tertiary/aromatic N) is 1. The molecule has 0 unspecified atom stereocenters. The zero-order valence-electron chi connectivity index (χ0n) is 9.34. The van der Waals surface area contributed by atoms with E-state index in [0.717, 1.165) is 12.2 Å². The summed E-state index contributed by atoms with van der Waals surface area (Å²) in [5, 5.41) is 3.51. The molecule has 1 fully saturated rings. The molecule has 1 aliphatic carbocycles. The lowest BCUT2D eigenvalue weighted by atomic mass is 9.71. The van der Waals surface area contributed by atoms with E-state index in [1.807, 2.05) is 0 Å². The van der Waals surface area contributed by atoms with Gasteiger partial charge in [-0.25, -0.2) is 0 Å². The van der Waals surface area contributed by atoms with Crippen LogP contribution in [0, 0.1) is 6.92 Å². The highest BCUT2D eigenvalue weighted by Crippen LogP contribution is 2.40. The van der Waals surface area contributed by atoms with Crippen LogP contribution in [0.5, 0.6) is 0 Å². The van der Waals surface area contributed by atoms with E-state index >= 15 is 0 Å². The Morgan fingerprint density at radius 3 is 3.07 bits per heavy atom. The number of hydrogen-bond donors (Lipinski definition) is 1. The summed E-state index contributed by atoms with van der Waals surface area (Å²) in [5.74, 6) is 0. The standard InChI is InChI=1S/C13H18N2/c1-10-4-5-11-12(15-10)3-2-6-13(11)7-8-14-9-13/h4-5,14H,2-3,6-9H2,1H3/t13-/m0/s1. The molecular weight excluding hydrogens is 184 g/mol. The molecule has 0 amide bonds. The van der Waals surface area contributed by atoms with E-state index in [1.54, 1.807) is 0 Å². The third-order valence-electron chi connectivity index (χ3n) is 4.00. The Morgan fingerprint density at radius 1 is 1.33 bits per heavy atom. The molecule has 2 aliphatic rings. The van der Waals surface area contributed by atoms with Crippen LogP contribution >= 0.6 is 0 Å². The summed E-state index contributed by atoms with van der Waals surface area (Å²) in [5.41, 5.74) is 4.49. The minimum atomic E-state index is 0.425. The van der Waals surface area contributed by atoms with Crippen LogP contribution in [-0.4, -0.2) is 18.1 Å². The number of pyridine rings is 1. The van der Waals surface area contributed by atoms with Crippen molar-refractivity contribution in [1.29, 1.82) is 0 Å². The fourth-order valence-corrected chi connectivity index (χ4v) is 3.20. The van der Waals surface area contributed by atoms with E-state index in [1.165, 1.54) is 43.5 Å². The van der Waals surface area contributed by atoms with E-state index < -0.39 is 0 Å². The molecule has 0 bridgehead atoms. The second-order valence-corrected chi connectivity index (χ2v) is 5.01. The highest BCUT2D eigenvalue weighted by Gasteiger charge is 2.39. The lowest BCUT2D eigenvalue weighted by Gasteiger charge is -2.34. The number of aromatic nitrogens is 1. The van der Waals surface area contributed by atoms with Crippen molar-refractivity contribution in [3.8, 4) is 0 Å². The van der Waals surface area contributed by atoms with Crippen molar-refractivity contribution in [2.24, 2.45) is 0 Å². The SMILES string of the molecule is Cc1ccc2c(n1)CCC[C@@]21CCNC1. The van der Waals surface area contributed by atoms with Gasteiger partial charge in [-0.05, 0) is 50.8 Å². The summed E-state index contributed by atoms with van der Waals surface area (Å²) in [7, 11) is 0. The summed E-state index contributed by atoms with van der Waals surface area (Å²) >= 11 is 0. The first-order valence-electron chi connectivity index (χ1n) is 5.98. The number of fused-ring (bicyclic) bond motifs is 2. The Bertz CT molecular complexity index is 378. The van der Waals surface area contributed by atoms with Crippen molar-refractivity contribution >= 4 is 0 Å². The number of rotatable bonds is 0. The fourth-order valence-electron chi connectivity index (χ4n) is 3.20. The average Bonchev–Trinajstić information content (AvgIpc) is 2.67. The van der Waals surface area contributed by atoms with Crippen LogP contribution < -0.4 is 5.32 Å². The van der Waals surface area contributed by atoms with E-state index in [9.17, 15) is 0 Å². The average molecular weight is 202 g/mol. The molecule has 2 nitrogen and oxygen atoms in total. The van der Waals surface area contributed by atoms with Crippen LogP contribution in [0.3, 0.4) is 0 Å². The van der Waals surface area contributed by atoms with Crippen LogP contribution in [0.2, 0.25) is 0 Å². The summed E-state index contributed by atoms with van der Waals surface area (Å²) in [6.07, 6.45) is 5.13. The highest BCUT2D eigenvalue weighted by molar-refractivity contribution is 5.35. The highest BCUT2D eigenvalue weighted by atomic mass is 14.9. The molecular formula is C13H18N2. The number of aryl methyl sites for hydroxylation is 2. The predicted octanol–water partition coefficient (Wildman–Crippen LogP) is 1.96. The third kappa shape index (κ3) is 1.39. The van der Waals surface area contributed by atoms with Gasteiger partial charge >= 0.3 is 0 Å². The summed E-state index contributed by atoms with van der Waals surface area (Å²) in [4.78, 5) is 4.70. The van der Waals surface area contributed by atoms with Gasteiger partial charge in [0.25, 0.3) is 0 Å². The predicted molar refractivity (Wildman–Crippen MR) is 61.1 cm³/mol. The molecule has 0 saturated carbocycles. The third-order valence-corrected chi connectivity index (χ3v) is 4.00. The van der Waals surface area contributed by atoms with Gasteiger partial charge in [-0.2, -0.15) is 0 Å². The lowest BCUT2D eigenvalue weighted by Crippen LogP contribution is -2.33. The van der Waals surface area contributed by atoms with Crippen molar-refractivity contribution in [3.05, 3.63) is 29.1 Å². The first-order valence-corrected chi connectivity index (χ1v) is 5.98. The quantitative estimate of drug-likeness (QED) is 0.695. The fraction of sp³-hybridized carbons (Fsp3) is 0.615. The minimum absolute atomic E-state index is 0.425. The molecule has 1 saturated heterocycles. The molecule has 1 N–H and O–H groups in total. The van der Waals surface area contributed by atoms with E-state index in [0.29, 0.717) is 5.41 Å². The molecule has 2 heteroatoms. The van der Waals surface area contributed by atoms with Crippen LogP contribution in [0.25, 0.3) is 0 Å². The van der Waals surface area contributed by atoms with E-state index in [-0.39, 0.29) is 0 Å². The number of hydrogen-bond acceptors (Lipinski definition) is 2. The van der Waals surface area contributed by atoms with Crippen molar-refractivity contribution < 1.29 is 0 Å². The zero-order chi connectivity index (χ0) is 10.3. The normalized spacial score (nSPS) is 29.4. The Kier molecular flexibility index (Phi) is 2.06. The minimum Gasteiger partial charge on any atom is -0.316 e. The summed E-state index contributed by atoms with van der Waals surface area (Å²) in [6, 6.07) is 4.49. The Labute approximate surface area is 91.1 Å². The van der Waals surface area contributed by atoms with Gasteiger partial charge in [0.1, 0.15) is 0 Å². The summed E-state index contributed by atoms with van der Waals surface area (Å²) in [6.45, 7) is 4.42. The Hall–Kier alpha value is -0.890. The molecule has 1 atom stereocenters. The van der Waals surface area contributed by atoms with Gasteiger partial charge in [-0.15, -0.1) is 0 Å². The van der Waals surface area contributed by atoms with Crippen molar-refractivity contribution in [1.82, 2.24) is 10.3 Å². The van der Waals surface area contributed by atoms with Gasteiger partial charge in [-0.1, -0.05) is 6.07 Å². The van der Waals surface area contributed by atoms with Gasteiger partial charge in [0, 0.05) is 23.3 Å². The maximum absolute atomic E-state index is 4.70. The maximum atomic E-state index is 4.70. The molecule has 15 heavy (non-hydrogen) atoms. The monoisotopic (exact) mass is 202 g/mol. The van der Waals surface area contributed by atoms with Crippen LogP contribution in [-0.2, 0) is 11.8 Å². The molecule has 0 aromatic carbocycles. The van der Waals surface area contributed by atoms with Gasteiger partial charge in [0.05, 0.1) is 0 Å². The largest absolute Gasteiger partial charge is 0.316 e. The molecule has 1 aromatic rings. The second kappa shape index (κ2) is 3.31. The van der Waals surface area contributed by atoms with Gasteiger partial charge in [0.15, 0.2) is 0 Å². The van der Waals surface area contributed by atoms with Crippen LogP contribution in [0.4, 0.5) is 0 Å². The van der Waals surface area contributed by atoms with E-state index in [2.05, 4.69) is 24.4 Å². The van der Waals surface area contributed by atoms with Crippen LogP contribution in [0.1, 0.15) is 36.2 Å². The maximum Gasteiger partial charge on any atom is 0.0444 e. The molecule has 80 valence electrons. The Morgan fingerprint density at radius 2 is 2.27 bits per heavy atom. The first kappa shape index (κ1) is 9.34. The molecule has 0 radical (unpaired) electrons. The summed E-state index contributed by atoms with van der Waals surface area (Å²) < 4.78 is 0. The molecule has 3 rings (SSSR count). The van der Waals surface area contributed by atoms with Crippen molar-refractivity contribution in [3.63, 3.8) is 0 Å². The van der Waals surface area contributed by atoms with Gasteiger partial charge < -0.3 is 5.32 Å². The molecule has 2 heterocycles. The molecule has 1 aromatic heterocycles. The first-order chi connectivity index (χ1) is 7.30.